The van der Waals surface area contributed by atoms with Crippen LogP contribution >= 0.6 is 11.6 Å². The molecule has 0 bridgehead atoms. The third-order valence-electron chi connectivity index (χ3n) is 3.02. The van der Waals surface area contributed by atoms with E-state index in [1.807, 2.05) is 4.68 Å². The van der Waals surface area contributed by atoms with Crippen molar-refractivity contribution in [1.29, 1.82) is 0 Å². The molecular weight excluding hydrogens is 279 g/mol. The molecule has 0 aliphatic carbocycles. The number of nitrogens with two attached hydrogens (primary N) is 1. The fourth-order valence-electron chi connectivity index (χ4n) is 2.06. The van der Waals surface area contributed by atoms with Gasteiger partial charge in [0, 0.05) is 24.6 Å². The standard InChI is InChI=1S/C14H18ClFN4/c1-9(2)7-20-13(18-8-19-20)6-12(17)10-4-3-5-11(15)14(10)16/h3-5,8-9,12H,6-7,17H2,1-2H3. The van der Waals surface area contributed by atoms with E-state index in [2.05, 4.69) is 23.9 Å². The second kappa shape index (κ2) is 6.33. The van der Waals surface area contributed by atoms with Crippen molar-refractivity contribution in [2.75, 3.05) is 0 Å². The Morgan fingerprint density at radius 3 is 2.85 bits per heavy atom. The lowest BCUT2D eigenvalue weighted by molar-refractivity contribution is 0.457. The maximum Gasteiger partial charge on any atom is 0.146 e. The molecule has 2 aromatic rings. The van der Waals surface area contributed by atoms with E-state index in [0.717, 1.165) is 12.4 Å². The van der Waals surface area contributed by atoms with Crippen molar-refractivity contribution < 1.29 is 4.39 Å². The van der Waals surface area contributed by atoms with Crippen molar-refractivity contribution in [3.05, 3.63) is 46.8 Å². The van der Waals surface area contributed by atoms with Crippen LogP contribution in [0.3, 0.4) is 0 Å². The van der Waals surface area contributed by atoms with Gasteiger partial charge in [-0.05, 0) is 12.0 Å². The van der Waals surface area contributed by atoms with Gasteiger partial charge in [0.15, 0.2) is 0 Å². The summed E-state index contributed by atoms with van der Waals surface area (Å²) in [5, 5.41) is 4.26. The van der Waals surface area contributed by atoms with Crippen LogP contribution < -0.4 is 5.73 Å². The van der Waals surface area contributed by atoms with E-state index >= 15 is 0 Å². The monoisotopic (exact) mass is 296 g/mol. The summed E-state index contributed by atoms with van der Waals surface area (Å²) in [6.07, 6.45) is 1.92. The highest BCUT2D eigenvalue weighted by Gasteiger charge is 2.17. The molecule has 0 radical (unpaired) electrons. The zero-order chi connectivity index (χ0) is 14.7. The lowest BCUT2D eigenvalue weighted by Crippen LogP contribution is -2.19. The molecule has 2 N–H and O–H groups in total. The smallest absolute Gasteiger partial charge is 0.146 e. The molecule has 108 valence electrons. The molecule has 1 aromatic heterocycles. The Morgan fingerprint density at radius 2 is 2.15 bits per heavy atom. The van der Waals surface area contributed by atoms with Crippen molar-refractivity contribution >= 4 is 11.6 Å². The van der Waals surface area contributed by atoms with Crippen LogP contribution in [0.2, 0.25) is 5.02 Å². The lowest BCUT2D eigenvalue weighted by Gasteiger charge is -2.14. The number of rotatable bonds is 5. The summed E-state index contributed by atoms with van der Waals surface area (Å²) < 4.78 is 15.7. The Labute approximate surface area is 122 Å². The minimum Gasteiger partial charge on any atom is -0.323 e. The van der Waals surface area contributed by atoms with E-state index in [4.69, 9.17) is 17.3 Å². The number of halogens is 2. The van der Waals surface area contributed by atoms with Crippen molar-refractivity contribution in [1.82, 2.24) is 14.8 Å². The quantitative estimate of drug-likeness (QED) is 0.923. The lowest BCUT2D eigenvalue weighted by atomic mass is 10.0. The number of benzene rings is 1. The van der Waals surface area contributed by atoms with Crippen LogP contribution in [0, 0.1) is 11.7 Å². The maximum atomic E-state index is 13.9. The van der Waals surface area contributed by atoms with Gasteiger partial charge in [-0.2, -0.15) is 5.10 Å². The zero-order valence-corrected chi connectivity index (χ0v) is 12.3. The second-order valence-electron chi connectivity index (χ2n) is 5.21. The van der Waals surface area contributed by atoms with E-state index in [-0.39, 0.29) is 5.02 Å². The molecule has 1 heterocycles. The fourth-order valence-corrected chi connectivity index (χ4v) is 2.24. The first-order valence-electron chi connectivity index (χ1n) is 6.55. The van der Waals surface area contributed by atoms with Gasteiger partial charge in [-0.3, -0.25) is 0 Å². The third kappa shape index (κ3) is 3.35. The van der Waals surface area contributed by atoms with E-state index in [1.54, 1.807) is 12.1 Å². The molecule has 0 amide bonds. The normalized spacial score (nSPS) is 12.9. The summed E-state index contributed by atoms with van der Waals surface area (Å²) in [4.78, 5) is 4.20. The van der Waals surface area contributed by atoms with Crippen LogP contribution in [-0.4, -0.2) is 14.8 Å². The highest BCUT2D eigenvalue weighted by molar-refractivity contribution is 6.30. The highest BCUT2D eigenvalue weighted by Crippen LogP contribution is 2.24. The molecule has 6 heteroatoms. The highest BCUT2D eigenvalue weighted by atomic mass is 35.5. The number of hydrogen-bond donors (Lipinski definition) is 1. The van der Waals surface area contributed by atoms with E-state index in [0.29, 0.717) is 17.9 Å². The average molecular weight is 297 g/mol. The van der Waals surface area contributed by atoms with Crippen molar-refractivity contribution in [2.24, 2.45) is 11.7 Å². The maximum absolute atomic E-state index is 13.9. The van der Waals surface area contributed by atoms with Crippen molar-refractivity contribution in [3.63, 3.8) is 0 Å². The van der Waals surface area contributed by atoms with Gasteiger partial charge in [0.25, 0.3) is 0 Å². The van der Waals surface area contributed by atoms with Crippen molar-refractivity contribution in [2.45, 2.75) is 32.9 Å². The van der Waals surface area contributed by atoms with Crippen LogP contribution in [-0.2, 0) is 13.0 Å². The molecular formula is C14H18ClFN4. The van der Waals surface area contributed by atoms with Crippen LogP contribution in [0.15, 0.2) is 24.5 Å². The minimum absolute atomic E-state index is 0.0848. The van der Waals surface area contributed by atoms with Gasteiger partial charge >= 0.3 is 0 Å². The van der Waals surface area contributed by atoms with Crippen LogP contribution in [0.25, 0.3) is 0 Å². The zero-order valence-electron chi connectivity index (χ0n) is 11.6. The molecule has 0 saturated heterocycles. The topological polar surface area (TPSA) is 56.7 Å². The molecule has 1 unspecified atom stereocenters. The SMILES string of the molecule is CC(C)Cn1ncnc1CC(N)c1cccc(Cl)c1F. The first kappa shape index (κ1) is 14.9. The van der Waals surface area contributed by atoms with Gasteiger partial charge in [-0.25, -0.2) is 14.1 Å². The van der Waals surface area contributed by atoms with Crippen LogP contribution in [0.1, 0.15) is 31.3 Å². The summed E-state index contributed by atoms with van der Waals surface area (Å²) in [5.41, 5.74) is 6.48. The Kier molecular flexibility index (Phi) is 4.73. The molecule has 1 aromatic carbocycles. The summed E-state index contributed by atoms with van der Waals surface area (Å²) in [7, 11) is 0. The van der Waals surface area contributed by atoms with E-state index < -0.39 is 11.9 Å². The summed E-state index contributed by atoms with van der Waals surface area (Å²) in [5.74, 6) is 0.747. The van der Waals surface area contributed by atoms with Gasteiger partial charge in [-0.15, -0.1) is 0 Å². The third-order valence-corrected chi connectivity index (χ3v) is 3.31. The van der Waals surface area contributed by atoms with Crippen LogP contribution in [0.5, 0.6) is 0 Å². The minimum atomic E-state index is -0.496. The summed E-state index contributed by atoms with van der Waals surface area (Å²) in [6, 6.07) is 4.35. The number of aromatic nitrogens is 3. The van der Waals surface area contributed by atoms with Gasteiger partial charge in [0.2, 0.25) is 0 Å². The molecule has 20 heavy (non-hydrogen) atoms. The van der Waals surface area contributed by atoms with E-state index in [1.165, 1.54) is 12.4 Å². The molecule has 1 atom stereocenters. The fraction of sp³-hybridized carbons (Fsp3) is 0.429. The van der Waals surface area contributed by atoms with Gasteiger partial charge in [-0.1, -0.05) is 37.6 Å². The molecule has 0 saturated carbocycles. The van der Waals surface area contributed by atoms with Gasteiger partial charge < -0.3 is 5.73 Å². The Bertz CT molecular complexity index is 582. The number of hydrogen-bond acceptors (Lipinski definition) is 3. The summed E-state index contributed by atoms with van der Waals surface area (Å²) >= 11 is 5.78. The van der Waals surface area contributed by atoms with Gasteiger partial charge in [0.1, 0.15) is 18.0 Å². The van der Waals surface area contributed by atoms with Gasteiger partial charge in [0.05, 0.1) is 5.02 Å². The Balaban J connectivity index is 2.17. The molecule has 0 fully saturated rings. The largest absolute Gasteiger partial charge is 0.323 e. The summed E-state index contributed by atoms with van der Waals surface area (Å²) in [6.45, 7) is 4.96. The predicted octanol–water partition coefficient (Wildman–Crippen LogP) is 2.97. The van der Waals surface area contributed by atoms with Crippen LogP contribution in [0.4, 0.5) is 4.39 Å². The van der Waals surface area contributed by atoms with E-state index in [9.17, 15) is 4.39 Å². The Morgan fingerprint density at radius 1 is 1.40 bits per heavy atom. The average Bonchev–Trinajstić information content (AvgIpc) is 2.79. The van der Waals surface area contributed by atoms with Crippen molar-refractivity contribution in [3.8, 4) is 0 Å². The molecule has 4 nitrogen and oxygen atoms in total. The predicted molar refractivity (Wildman–Crippen MR) is 76.9 cm³/mol. The molecule has 0 aliphatic heterocycles. The molecule has 2 rings (SSSR count). The molecule has 0 aliphatic rings. The molecule has 0 spiro atoms. The second-order valence-corrected chi connectivity index (χ2v) is 5.61. The Hall–Kier alpha value is -1.46. The first-order valence-corrected chi connectivity index (χ1v) is 6.93. The number of nitrogens with zero attached hydrogens (tertiary/aromatic N) is 3. The first-order chi connectivity index (χ1) is 9.49.